The van der Waals surface area contributed by atoms with Crippen LogP contribution in [0.15, 0.2) is 47.3 Å². The van der Waals surface area contributed by atoms with Gasteiger partial charge in [0.1, 0.15) is 40.8 Å². The molecule has 0 aliphatic heterocycles. The van der Waals surface area contributed by atoms with Crippen LogP contribution in [-0.2, 0) is 6.61 Å². The number of nitrogens with two attached hydrogens (primary N) is 1. The van der Waals surface area contributed by atoms with Crippen LogP contribution in [-0.4, -0.2) is 41.4 Å². The molecule has 0 saturated heterocycles. The number of aromatic carboxylic acids is 2. The number of nitrogens with one attached hydrogen (secondary N) is 1. The normalized spacial score (nSPS) is 10.4. The van der Waals surface area contributed by atoms with Crippen molar-refractivity contribution in [2.24, 2.45) is 0 Å². The van der Waals surface area contributed by atoms with Crippen LogP contribution in [0.4, 0.5) is 5.82 Å². The van der Waals surface area contributed by atoms with Crippen LogP contribution in [0.25, 0.3) is 11.1 Å². The fourth-order valence-corrected chi connectivity index (χ4v) is 3.22. The maximum atomic E-state index is 12.3. The number of pyridine rings is 1. The number of H-pyrrole nitrogens is 1. The van der Waals surface area contributed by atoms with E-state index in [1.54, 1.807) is 31.4 Å². The molecular formula is C22H20N2O8. The van der Waals surface area contributed by atoms with Crippen molar-refractivity contribution in [2.45, 2.75) is 6.61 Å². The summed E-state index contributed by atoms with van der Waals surface area (Å²) in [5.74, 6) is -1.90. The second-order valence-electron chi connectivity index (χ2n) is 6.59. The van der Waals surface area contributed by atoms with Crippen LogP contribution >= 0.6 is 0 Å². The highest BCUT2D eigenvalue weighted by molar-refractivity contribution is 6.07. The van der Waals surface area contributed by atoms with Gasteiger partial charge in [-0.1, -0.05) is 6.07 Å². The highest BCUT2D eigenvalue weighted by atomic mass is 16.5. The molecular weight excluding hydrogens is 420 g/mol. The summed E-state index contributed by atoms with van der Waals surface area (Å²) in [6.45, 7) is 0.0207. The molecule has 0 unspecified atom stereocenters. The molecule has 3 rings (SSSR count). The van der Waals surface area contributed by atoms with Gasteiger partial charge in [0.25, 0.3) is 5.56 Å². The topological polar surface area (TPSA) is 161 Å². The van der Waals surface area contributed by atoms with E-state index in [-0.39, 0.29) is 17.7 Å². The fraction of sp³-hybridized carbons (Fsp3) is 0.136. The molecule has 1 heterocycles. The van der Waals surface area contributed by atoms with Crippen molar-refractivity contribution in [1.29, 1.82) is 0 Å². The number of carbonyl (C=O) groups is 2. The molecule has 166 valence electrons. The van der Waals surface area contributed by atoms with Crippen molar-refractivity contribution < 1.29 is 34.0 Å². The lowest BCUT2D eigenvalue weighted by Gasteiger charge is -2.15. The van der Waals surface area contributed by atoms with Crippen molar-refractivity contribution in [3.05, 3.63) is 69.5 Å². The van der Waals surface area contributed by atoms with E-state index in [1.807, 2.05) is 0 Å². The smallest absolute Gasteiger partial charge is 0.342 e. The first-order valence-corrected chi connectivity index (χ1v) is 9.23. The van der Waals surface area contributed by atoms with Crippen LogP contribution in [0.5, 0.6) is 17.2 Å². The lowest BCUT2D eigenvalue weighted by atomic mass is 9.94. The van der Waals surface area contributed by atoms with Crippen molar-refractivity contribution in [1.82, 2.24) is 4.98 Å². The zero-order valence-electron chi connectivity index (χ0n) is 17.2. The van der Waals surface area contributed by atoms with Gasteiger partial charge in [0.15, 0.2) is 0 Å². The third kappa shape index (κ3) is 4.33. The van der Waals surface area contributed by atoms with Gasteiger partial charge in [-0.3, -0.25) is 4.79 Å². The predicted octanol–water partition coefficient (Wildman–Crippen LogP) is 2.62. The van der Waals surface area contributed by atoms with E-state index in [1.165, 1.54) is 25.3 Å². The highest BCUT2D eigenvalue weighted by Gasteiger charge is 2.27. The van der Waals surface area contributed by atoms with Crippen molar-refractivity contribution >= 4 is 17.8 Å². The Balaban J connectivity index is 2.11. The number of carboxylic acids is 2. The van der Waals surface area contributed by atoms with Crippen molar-refractivity contribution in [2.75, 3.05) is 20.0 Å². The van der Waals surface area contributed by atoms with Gasteiger partial charge in [-0.05, 0) is 42.0 Å². The SMILES string of the molecule is COc1ccc(OCc2cc(-c3c(C(=O)O)c(N)[nH]c(=O)c3C(=O)O)ccc2OC)cc1. The number of methoxy groups -OCH3 is 2. The monoisotopic (exact) mass is 440 g/mol. The molecule has 2 aromatic carbocycles. The Morgan fingerprint density at radius 1 is 0.938 bits per heavy atom. The summed E-state index contributed by atoms with van der Waals surface area (Å²) in [5, 5.41) is 19.2. The van der Waals surface area contributed by atoms with E-state index in [9.17, 15) is 24.6 Å². The minimum Gasteiger partial charge on any atom is -0.497 e. The summed E-state index contributed by atoms with van der Waals surface area (Å²) in [6, 6.07) is 11.3. The lowest BCUT2D eigenvalue weighted by molar-refractivity contribution is 0.0695. The average Bonchev–Trinajstić information content (AvgIpc) is 2.76. The number of rotatable bonds is 8. The van der Waals surface area contributed by atoms with Crippen LogP contribution in [0.2, 0.25) is 0 Å². The number of carboxylic acid groups (broad SMARTS) is 2. The number of ether oxygens (including phenoxy) is 3. The van der Waals surface area contributed by atoms with Gasteiger partial charge in [-0.15, -0.1) is 0 Å². The van der Waals surface area contributed by atoms with Gasteiger partial charge in [-0.2, -0.15) is 0 Å². The van der Waals surface area contributed by atoms with Crippen LogP contribution in [0.3, 0.4) is 0 Å². The molecule has 32 heavy (non-hydrogen) atoms. The number of hydrogen-bond acceptors (Lipinski definition) is 7. The molecule has 10 heteroatoms. The first kappa shape index (κ1) is 22.2. The Labute approximate surface area is 181 Å². The standard InChI is InChI=1S/C22H20N2O8/c1-30-13-4-6-14(7-5-13)32-10-12-9-11(3-8-15(12)31-2)16-17(21(26)27)19(23)24-20(25)18(16)22(28)29/h3-9H,10H2,1-2H3,(H,26,27)(H,28,29)(H3,23,24,25). The minimum atomic E-state index is -1.59. The van der Waals surface area contributed by atoms with Crippen molar-refractivity contribution in [3.8, 4) is 28.4 Å². The van der Waals surface area contributed by atoms with E-state index >= 15 is 0 Å². The molecule has 0 saturated carbocycles. The molecule has 0 fully saturated rings. The first-order valence-electron chi connectivity index (χ1n) is 9.23. The molecule has 10 nitrogen and oxygen atoms in total. The maximum absolute atomic E-state index is 12.3. The van der Waals surface area contributed by atoms with E-state index in [2.05, 4.69) is 4.98 Å². The van der Waals surface area contributed by atoms with Crippen LogP contribution in [0.1, 0.15) is 26.3 Å². The summed E-state index contributed by atoms with van der Waals surface area (Å²) < 4.78 is 16.2. The van der Waals surface area contributed by atoms with Crippen LogP contribution < -0.4 is 25.5 Å². The third-order valence-electron chi connectivity index (χ3n) is 4.70. The van der Waals surface area contributed by atoms with Gasteiger partial charge < -0.3 is 35.1 Å². The molecule has 0 bridgehead atoms. The first-order chi connectivity index (χ1) is 15.3. The number of anilines is 1. The molecule has 1 aromatic heterocycles. The van der Waals surface area contributed by atoms with Gasteiger partial charge in [0, 0.05) is 11.1 Å². The minimum absolute atomic E-state index is 0.0207. The lowest BCUT2D eigenvalue weighted by Crippen LogP contribution is -2.24. The maximum Gasteiger partial charge on any atom is 0.342 e. The third-order valence-corrected chi connectivity index (χ3v) is 4.70. The second kappa shape index (κ2) is 9.13. The Morgan fingerprint density at radius 2 is 1.56 bits per heavy atom. The number of aromatic nitrogens is 1. The van der Waals surface area contributed by atoms with Gasteiger partial charge in [0.05, 0.1) is 14.2 Å². The van der Waals surface area contributed by atoms with Gasteiger partial charge in [0.2, 0.25) is 0 Å². The molecule has 0 aliphatic rings. The molecule has 0 radical (unpaired) electrons. The van der Waals surface area contributed by atoms with E-state index in [0.717, 1.165) is 0 Å². The van der Waals surface area contributed by atoms with E-state index in [0.29, 0.717) is 22.8 Å². The predicted molar refractivity (Wildman–Crippen MR) is 115 cm³/mol. The summed E-state index contributed by atoms with van der Waals surface area (Å²) >= 11 is 0. The largest absolute Gasteiger partial charge is 0.497 e. The van der Waals surface area contributed by atoms with Gasteiger partial charge >= 0.3 is 11.9 Å². The Bertz CT molecular complexity index is 1230. The summed E-state index contributed by atoms with van der Waals surface area (Å²) in [4.78, 5) is 37.9. The number of benzene rings is 2. The van der Waals surface area contributed by atoms with E-state index in [4.69, 9.17) is 19.9 Å². The Kier molecular flexibility index (Phi) is 6.34. The molecule has 3 aromatic rings. The number of nitrogen functional groups attached to an aromatic ring is 1. The summed E-state index contributed by atoms with van der Waals surface area (Å²) in [5.41, 5.74) is 3.77. The quantitative estimate of drug-likeness (QED) is 0.412. The Hall–Kier alpha value is -4.47. The summed E-state index contributed by atoms with van der Waals surface area (Å²) in [6.07, 6.45) is 0. The zero-order chi connectivity index (χ0) is 23.4. The average molecular weight is 440 g/mol. The van der Waals surface area contributed by atoms with Gasteiger partial charge in [-0.25, -0.2) is 9.59 Å². The van der Waals surface area contributed by atoms with Crippen molar-refractivity contribution in [3.63, 3.8) is 0 Å². The fourth-order valence-electron chi connectivity index (χ4n) is 3.22. The Morgan fingerprint density at radius 3 is 2.12 bits per heavy atom. The molecule has 5 N–H and O–H groups in total. The molecule has 0 atom stereocenters. The molecule has 0 aliphatic carbocycles. The zero-order valence-corrected chi connectivity index (χ0v) is 17.2. The summed E-state index contributed by atoms with van der Waals surface area (Å²) in [7, 11) is 2.99. The number of aromatic amines is 1. The second-order valence-corrected chi connectivity index (χ2v) is 6.59. The number of hydrogen-bond donors (Lipinski definition) is 4. The van der Waals surface area contributed by atoms with Crippen LogP contribution in [0, 0.1) is 0 Å². The highest BCUT2D eigenvalue weighted by Crippen LogP contribution is 2.33. The molecule has 0 amide bonds. The van der Waals surface area contributed by atoms with E-state index < -0.39 is 34.4 Å². The molecule has 0 spiro atoms.